The molecular weight excluding hydrogens is 158 g/mol. The summed E-state index contributed by atoms with van der Waals surface area (Å²) in [4.78, 5) is 0. The summed E-state index contributed by atoms with van der Waals surface area (Å²) in [6.45, 7) is 8.69. The third kappa shape index (κ3) is 3.49. The zero-order valence-electron chi connectivity index (χ0n) is 9.02. The molecule has 0 amide bonds. The van der Waals surface area contributed by atoms with Crippen molar-refractivity contribution in [1.82, 2.24) is 0 Å². The topological polar surface area (TPSA) is 12.0 Å². The molecule has 0 aliphatic rings. The number of hydrogen-bond acceptors (Lipinski definition) is 1. The highest BCUT2D eigenvalue weighted by Gasteiger charge is 2.08. The normalized spacial score (nSPS) is 11.4. The first-order valence-electron chi connectivity index (χ1n) is 4.88. The van der Waals surface area contributed by atoms with Gasteiger partial charge in [0.05, 0.1) is 0 Å². The Balaban J connectivity index is 2.78. The van der Waals surface area contributed by atoms with Crippen molar-refractivity contribution in [3.8, 4) is 0 Å². The van der Waals surface area contributed by atoms with Gasteiger partial charge in [0.25, 0.3) is 0 Å². The van der Waals surface area contributed by atoms with Gasteiger partial charge >= 0.3 is 0 Å². The van der Waals surface area contributed by atoms with E-state index in [9.17, 15) is 0 Å². The maximum absolute atomic E-state index is 3.46. The molecule has 0 aromatic heterocycles. The molecule has 0 radical (unpaired) electrons. The Morgan fingerprint density at radius 3 is 2.46 bits per heavy atom. The van der Waals surface area contributed by atoms with E-state index in [-0.39, 0.29) is 5.54 Å². The Hall–Kier alpha value is -0.980. The van der Waals surface area contributed by atoms with Crippen LogP contribution in [0.3, 0.4) is 0 Å². The third-order valence-electron chi connectivity index (χ3n) is 1.85. The lowest BCUT2D eigenvalue weighted by Crippen LogP contribution is -2.25. The Morgan fingerprint density at radius 2 is 1.92 bits per heavy atom. The summed E-state index contributed by atoms with van der Waals surface area (Å²) < 4.78 is 0. The molecule has 1 heteroatoms. The van der Waals surface area contributed by atoms with Crippen molar-refractivity contribution < 1.29 is 0 Å². The molecule has 72 valence electrons. The SMILES string of the molecule is CCc1cccc(NC(C)(C)C)c1. The smallest absolute Gasteiger partial charge is 0.0346 e. The van der Waals surface area contributed by atoms with Crippen LogP contribution < -0.4 is 5.32 Å². The molecule has 1 N–H and O–H groups in total. The standard InChI is InChI=1S/C12H19N/c1-5-10-7-6-8-11(9-10)13-12(2,3)4/h6-9,13H,5H2,1-4H3. The monoisotopic (exact) mass is 177 g/mol. The van der Waals surface area contributed by atoms with Crippen LogP contribution >= 0.6 is 0 Å². The largest absolute Gasteiger partial charge is 0.380 e. The lowest BCUT2D eigenvalue weighted by atomic mass is 10.1. The maximum atomic E-state index is 3.46. The first-order valence-corrected chi connectivity index (χ1v) is 4.88. The molecule has 1 nitrogen and oxygen atoms in total. The van der Waals surface area contributed by atoms with E-state index < -0.39 is 0 Å². The summed E-state index contributed by atoms with van der Waals surface area (Å²) in [5.41, 5.74) is 2.74. The number of nitrogens with one attached hydrogen (secondary N) is 1. The predicted molar refractivity (Wildman–Crippen MR) is 59.2 cm³/mol. The van der Waals surface area contributed by atoms with Crippen LogP contribution in [0.2, 0.25) is 0 Å². The fourth-order valence-electron chi connectivity index (χ4n) is 1.30. The molecule has 0 bridgehead atoms. The number of anilines is 1. The molecule has 0 saturated heterocycles. The zero-order valence-corrected chi connectivity index (χ0v) is 9.02. The van der Waals surface area contributed by atoms with Crippen molar-refractivity contribution in [1.29, 1.82) is 0 Å². The van der Waals surface area contributed by atoms with E-state index in [0.717, 1.165) is 6.42 Å². The van der Waals surface area contributed by atoms with Crippen molar-refractivity contribution in [3.05, 3.63) is 29.8 Å². The summed E-state index contributed by atoms with van der Waals surface area (Å²) in [6.07, 6.45) is 1.10. The molecule has 13 heavy (non-hydrogen) atoms. The van der Waals surface area contributed by atoms with Crippen LogP contribution in [0.5, 0.6) is 0 Å². The predicted octanol–water partition coefficient (Wildman–Crippen LogP) is 3.46. The van der Waals surface area contributed by atoms with Crippen LogP contribution in [0.25, 0.3) is 0 Å². The summed E-state index contributed by atoms with van der Waals surface area (Å²) in [5, 5.41) is 3.46. The van der Waals surface area contributed by atoms with E-state index in [1.807, 2.05) is 0 Å². The molecule has 0 aliphatic carbocycles. The first kappa shape index (κ1) is 10.1. The fourth-order valence-corrected chi connectivity index (χ4v) is 1.30. The molecule has 0 aliphatic heterocycles. The van der Waals surface area contributed by atoms with Crippen LogP contribution in [0.1, 0.15) is 33.3 Å². The van der Waals surface area contributed by atoms with Gasteiger partial charge in [-0.1, -0.05) is 19.1 Å². The summed E-state index contributed by atoms with van der Waals surface area (Å²) in [6, 6.07) is 8.59. The lowest BCUT2D eigenvalue weighted by Gasteiger charge is -2.22. The van der Waals surface area contributed by atoms with Gasteiger partial charge in [0.2, 0.25) is 0 Å². The molecule has 1 rings (SSSR count). The van der Waals surface area contributed by atoms with Crippen LogP contribution in [0.15, 0.2) is 24.3 Å². The maximum Gasteiger partial charge on any atom is 0.0346 e. The Morgan fingerprint density at radius 1 is 1.23 bits per heavy atom. The van der Waals surface area contributed by atoms with Gasteiger partial charge in [0.15, 0.2) is 0 Å². The molecule has 0 spiro atoms. The van der Waals surface area contributed by atoms with Gasteiger partial charge in [-0.2, -0.15) is 0 Å². The van der Waals surface area contributed by atoms with Crippen molar-refractivity contribution in [2.24, 2.45) is 0 Å². The second kappa shape index (κ2) is 3.82. The van der Waals surface area contributed by atoms with Crippen molar-refractivity contribution in [3.63, 3.8) is 0 Å². The number of hydrogen-bond donors (Lipinski definition) is 1. The minimum atomic E-state index is 0.145. The van der Waals surface area contributed by atoms with Gasteiger partial charge in [0, 0.05) is 11.2 Å². The number of rotatable bonds is 2. The second-order valence-electron chi connectivity index (χ2n) is 4.43. The highest BCUT2D eigenvalue weighted by molar-refractivity contribution is 5.47. The molecule has 0 fully saturated rings. The fraction of sp³-hybridized carbons (Fsp3) is 0.500. The van der Waals surface area contributed by atoms with E-state index in [1.165, 1.54) is 11.3 Å². The first-order chi connectivity index (χ1) is 6.01. The van der Waals surface area contributed by atoms with Gasteiger partial charge in [-0.05, 0) is 44.9 Å². The van der Waals surface area contributed by atoms with Crippen LogP contribution in [-0.4, -0.2) is 5.54 Å². The summed E-state index contributed by atoms with van der Waals surface area (Å²) >= 11 is 0. The third-order valence-corrected chi connectivity index (χ3v) is 1.85. The van der Waals surface area contributed by atoms with Crippen LogP contribution in [-0.2, 0) is 6.42 Å². The average Bonchev–Trinajstić information content (AvgIpc) is 2.01. The van der Waals surface area contributed by atoms with Crippen LogP contribution in [0.4, 0.5) is 5.69 Å². The molecule has 0 atom stereocenters. The highest BCUT2D eigenvalue weighted by atomic mass is 14.9. The number of aryl methyl sites for hydroxylation is 1. The Bertz CT molecular complexity index is 271. The van der Waals surface area contributed by atoms with Crippen LogP contribution in [0, 0.1) is 0 Å². The van der Waals surface area contributed by atoms with Crippen molar-refractivity contribution in [2.45, 2.75) is 39.7 Å². The van der Waals surface area contributed by atoms with Crippen molar-refractivity contribution in [2.75, 3.05) is 5.32 Å². The molecule has 0 saturated carbocycles. The van der Waals surface area contributed by atoms with Gasteiger partial charge in [0.1, 0.15) is 0 Å². The summed E-state index contributed by atoms with van der Waals surface area (Å²) in [7, 11) is 0. The van der Waals surface area contributed by atoms with E-state index in [2.05, 4.69) is 57.3 Å². The second-order valence-corrected chi connectivity index (χ2v) is 4.43. The average molecular weight is 177 g/mol. The van der Waals surface area contributed by atoms with Gasteiger partial charge < -0.3 is 5.32 Å². The molecule has 0 unspecified atom stereocenters. The summed E-state index contributed by atoms with van der Waals surface area (Å²) in [5.74, 6) is 0. The van der Waals surface area contributed by atoms with Crippen molar-refractivity contribution >= 4 is 5.69 Å². The minimum absolute atomic E-state index is 0.145. The Labute approximate surface area is 81.2 Å². The molecular formula is C12H19N. The minimum Gasteiger partial charge on any atom is -0.380 e. The molecule has 1 aromatic carbocycles. The molecule has 1 aromatic rings. The quantitative estimate of drug-likeness (QED) is 0.729. The van der Waals surface area contributed by atoms with E-state index in [4.69, 9.17) is 0 Å². The Kier molecular flexibility index (Phi) is 2.97. The highest BCUT2D eigenvalue weighted by Crippen LogP contribution is 2.16. The van der Waals surface area contributed by atoms with Gasteiger partial charge in [-0.15, -0.1) is 0 Å². The number of benzene rings is 1. The zero-order chi connectivity index (χ0) is 9.90. The van der Waals surface area contributed by atoms with Gasteiger partial charge in [-0.3, -0.25) is 0 Å². The molecule has 0 heterocycles. The lowest BCUT2D eigenvalue weighted by molar-refractivity contribution is 0.634. The van der Waals surface area contributed by atoms with E-state index in [1.54, 1.807) is 0 Å². The van der Waals surface area contributed by atoms with Gasteiger partial charge in [-0.25, -0.2) is 0 Å². The van der Waals surface area contributed by atoms with E-state index >= 15 is 0 Å². The van der Waals surface area contributed by atoms with E-state index in [0.29, 0.717) is 0 Å².